The van der Waals surface area contributed by atoms with E-state index in [1.807, 2.05) is 0 Å². The number of carbonyl (C=O) groups is 1. The Morgan fingerprint density at radius 3 is 2.54 bits per heavy atom. The summed E-state index contributed by atoms with van der Waals surface area (Å²) < 4.78 is 33.3. The highest BCUT2D eigenvalue weighted by atomic mass is 35.5. The van der Waals surface area contributed by atoms with Crippen LogP contribution in [0.3, 0.4) is 0 Å². The third-order valence-corrected chi connectivity index (χ3v) is 9.13. The van der Waals surface area contributed by atoms with Gasteiger partial charge in [-0.3, -0.25) is 0 Å². The molecule has 12 heteroatoms. The summed E-state index contributed by atoms with van der Waals surface area (Å²) in [6.07, 6.45) is 9.10. The number of piperidine rings is 1. The van der Waals surface area contributed by atoms with Crippen LogP contribution < -0.4 is 4.90 Å². The zero-order valence-corrected chi connectivity index (χ0v) is 23.4. The lowest BCUT2D eigenvalue weighted by molar-refractivity contribution is -0.133. The van der Waals surface area contributed by atoms with Gasteiger partial charge in [-0.25, -0.2) is 9.18 Å². The van der Waals surface area contributed by atoms with Gasteiger partial charge in [-0.05, 0) is 61.9 Å². The van der Waals surface area contributed by atoms with Crippen LogP contribution in [-0.2, 0) is 21.8 Å². The van der Waals surface area contributed by atoms with Crippen molar-refractivity contribution in [3.63, 3.8) is 0 Å². The van der Waals surface area contributed by atoms with Crippen molar-refractivity contribution in [3.05, 3.63) is 69.3 Å². The fraction of sp³-hybridized carbons (Fsp3) is 0.448. The Hall–Kier alpha value is -3.21. The Morgan fingerprint density at radius 1 is 1.12 bits per heavy atom. The van der Waals surface area contributed by atoms with Gasteiger partial charge in [0.15, 0.2) is 0 Å². The fourth-order valence-corrected chi connectivity index (χ4v) is 6.91. The van der Waals surface area contributed by atoms with Crippen molar-refractivity contribution < 1.29 is 28.1 Å². The second kappa shape index (κ2) is 10.3. The van der Waals surface area contributed by atoms with E-state index in [-0.39, 0.29) is 36.1 Å². The zero-order valence-electron chi connectivity index (χ0n) is 21.9. The number of aliphatic carboxylic acids is 1. The van der Waals surface area contributed by atoms with Crippen LogP contribution in [0.1, 0.15) is 68.1 Å². The number of aromatic nitrogens is 3. The summed E-state index contributed by atoms with van der Waals surface area (Å²) in [5, 5.41) is 18.8. The first kappa shape index (κ1) is 26.7. The SMILES string of the molecule is O=C(O)C1=CC=CC(F)(c2nc(N3[C@@H]4CC[C@H]3CC(OCc3c(-c5c(Cl)cccc5Cl)noc3C3CC3)C4)no2)C1. The lowest BCUT2D eigenvalue weighted by Crippen LogP contribution is -2.46. The lowest BCUT2D eigenvalue weighted by atomic mass is 9.91. The number of nitrogens with zero attached hydrogens (tertiary/aromatic N) is 4. The quantitative estimate of drug-likeness (QED) is 0.299. The molecular formula is C29H27Cl2FN4O5. The summed E-state index contributed by atoms with van der Waals surface area (Å²) in [6, 6.07) is 5.59. The van der Waals surface area contributed by atoms with Crippen LogP contribution >= 0.6 is 23.2 Å². The summed E-state index contributed by atoms with van der Waals surface area (Å²) in [4.78, 5) is 17.9. The number of ether oxygens (including phenoxy) is 1. The van der Waals surface area contributed by atoms with Crippen LogP contribution in [-0.4, -0.2) is 44.6 Å². The standard InChI is InChI=1S/C29H27Cl2FN4O5/c30-21-4-1-5-22(31)23(21)24-20(25(40-34-24)15-6-7-15)14-39-19-11-17-8-9-18(12-19)36(17)28-33-27(41-35-28)29(32)10-2-3-16(13-29)26(37)38/h1-5,10,15,17-19H,6-9,11-14H2,(H,37,38)/t17-,18+,19?,29?. The van der Waals surface area contributed by atoms with E-state index >= 15 is 4.39 Å². The summed E-state index contributed by atoms with van der Waals surface area (Å²) in [5.41, 5.74) is -0.0413. The molecule has 1 aromatic carbocycles. The Labute approximate surface area is 244 Å². The van der Waals surface area contributed by atoms with Crippen molar-refractivity contribution in [1.29, 1.82) is 0 Å². The monoisotopic (exact) mass is 600 g/mol. The molecular weight excluding hydrogens is 574 g/mol. The van der Waals surface area contributed by atoms with Crippen molar-refractivity contribution in [2.75, 3.05) is 4.90 Å². The lowest BCUT2D eigenvalue weighted by Gasteiger charge is -2.37. The van der Waals surface area contributed by atoms with Gasteiger partial charge in [-0.15, -0.1) is 0 Å². The topological polar surface area (TPSA) is 115 Å². The molecule has 2 aromatic heterocycles. The maximum Gasteiger partial charge on any atom is 0.331 e. The van der Waals surface area contributed by atoms with Gasteiger partial charge in [0, 0.05) is 41.1 Å². The number of alkyl halides is 1. The molecule has 3 fully saturated rings. The molecule has 2 saturated heterocycles. The molecule has 214 valence electrons. The van der Waals surface area contributed by atoms with E-state index in [1.54, 1.807) is 18.2 Å². The predicted molar refractivity (Wildman–Crippen MR) is 148 cm³/mol. The van der Waals surface area contributed by atoms with Gasteiger partial charge in [0.1, 0.15) is 11.5 Å². The molecule has 41 heavy (non-hydrogen) atoms. The van der Waals surface area contributed by atoms with E-state index in [0.29, 0.717) is 39.8 Å². The Balaban J connectivity index is 1.06. The van der Waals surface area contributed by atoms with E-state index in [2.05, 4.69) is 20.2 Å². The highest BCUT2D eigenvalue weighted by Gasteiger charge is 2.46. The van der Waals surface area contributed by atoms with Crippen molar-refractivity contribution >= 4 is 35.1 Å². The van der Waals surface area contributed by atoms with Crippen LogP contribution in [0.4, 0.5) is 10.3 Å². The molecule has 9 nitrogen and oxygen atoms in total. The van der Waals surface area contributed by atoms with Crippen LogP contribution in [0.25, 0.3) is 11.3 Å². The largest absolute Gasteiger partial charge is 0.478 e. The average molecular weight is 601 g/mol. The van der Waals surface area contributed by atoms with E-state index < -0.39 is 11.6 Å². The molecule has 7 rings (SSSR count). The minimum atomic E-state index is -2.16. The Kier molecular flexibility index (Phi) is 6.67. The van der Waals surface area contributed by atoms with Gasteiger partial charge in [0.25, 0.3) is 11.8 Å². The number of allylic oxidation sites excluding steroid dienone is 3. The zero-order chi connectivity index (χ0) is 28.3. The van der Waals surface area contributed by atoms with E-state index in [0.717, 1.165) is 49.8 Å². The van der Waals surface area contributed by atoms with Crippen molar-refractivity contribution in [2.24, 2.45) is 0 Å². The smallest absolute Gasteiger partial charge is 0.331 e. The van der Waals surface area contributed by atoms with Gasteiger partial charge < -0.3 is 23.8 Å². The van der Waals surface area contributed by atoms with Gasteiger partial charge >= 0.3 is 5.97 Å². The van der Waals surface area contributed by atoms with E-state index in [4.69, 9.17) is 37.0 Å². The number of hydrogen-bond donors (Lipinski definition) is 1. The molecule has 4 aliphatic rings. The Bertz CT molecular complexity index is 1530. The Morgan fingerprint density at radius 2 is 1.85 bits per heavy atom. The first-order chi connectivity index (χ1) is 19.8. The first-order valence-electron chi connectivity index (χ1n) is 13.8. The normalized spacial score (nSPS) is 27.3. The number of halogens is 3. The van der Waals surface area contributed by atoms with E-state index in [9.17, 15) is 9.90 Å². The van der Waals surface area contributed by atoms with Crippen LogP contribution in [0.2, 0.25) is 10.0 Å². The first-order valence-corrected chi connectivity index (χ1v) is 14.5. The molecule has 0 radical (unpaired) electrons. The molecule has 2 aliphatic carbocycles. The van der Waals surface area contributed by atoms with Crippen LogP contribution in [0.5, 0.6) is 0 Å². The van der Waals surface area contributed by atoms with E-state index in [1.165, 1.54) is 18.2 Å². The van der Waals surface area contributed by atoms with Gasteiger partial charge in [0.2, 0.25) is 5.67 Å². The predicted octanol–water partition coefficient (Wildman–Crippen LogP) is 6.76. The highest BCUT2D eigenvalue weighted by molar-refractivity contribution is 6.39. The molecule has 2 bridgehead atoms. The molecule has 1 saturated carbocycles. The molecule has 1 N–H and O–H groups in total. The van der Waals surface area contributed by atoms with Gasteiger partial charge in [-0.2, -0.15) is 4.98 Å². The van der Waals surface area contributed by atoms with Gasteiger partial charge in [0.05, 0.1) is 22.8 Å². The number of anilines is 1. The number of carboxylic acid groups (broad SMARTS) is 1. The molecule has 3 aromatic rings. The molecule has 4 atom stereocenters. The highest BCUT2D eigenvalue weighted by Crippen LogP contribution is 2.47. The van der Waals surface area contributed by atoms with Crippen molar-refractivity contribution in [3.8, 4) is 11.3 Å². The summed E-state index contributed by atoms with van der Waals surface area (Å²) in [5.74, 6) is 0.0939. The third kappa shape index (κ3) is 4.85. The number of rotatable bonds is 8. The minimum Gasteiger partial charge on any atom is -0.478 e. The summed E-state index contributed by atoms with van der Waals surface area (Å²) >= 11 is 13.0. The van der Waals surface area contributed by atoms with Crippen LogP contribution in [0, 0.1) is 0 Å². The maximum absolute atomic E-state index is 15.6. The molecule has 0 amide bonds. The summed E-state index contributed by atoms with van der Waals surface area (Å²) in [7, 11) is 0. The van der Waals surface area contributed by atoms with Crippen molar-refractivity contribution in [2.45, 2.75) is 81.3 Å². The van der Waals surface area contributed by atoms with Crippen LogP contribution in [0.15, 0.2) is 51.0 Å². The molecule has 4 heterocycles. The number of hydrogen-bond acceptors (Lipinski definition) is 8. The second-order valence-corrected chi connectivity index (χ2v) is 12.1. The molecule has 2 aliphatic heterocycles. The maximum atomic E-state index is 15.6. The fourth-order valence-electron chi connectivity index (χ4n) is 6.33. The number of fused-ring (bicyclic) bond motifs is 2. The number of benzene rings is 1. The number of carboxylic acids is 1. The third-order valence-electron chi connectivity index (χ3n) is 8.50. The molecule has 0 spiro atoms. The molecule has 2 unspecified atom stereocenters. The van der Waals surface area contributed by atoms with Gasteiger partial charge in [-0.1, -0.05) is 46.6 Å². The minimum absolute atomic E-state index is 0.0105. The van der Waals surface area contributed by atoms with Crippen molar-refractivity contribution in [1.82, 2.24) is 15.3 Å². The summed E-state index contributed by atoms with van der Waals surface area (Å²) in [6.45, 7) is 0.332. The average Bonchev–Trinajstić information content (AvgIpc) is 3.40. The second-order valence-electron chi connectivity index (χ2n) is 11.2.